The largest absolute Gasteiger partial charge is 0.461 e. The van der Waals surface area contributed by atoms with E-state index in [-0.39, 0.29) is 23.9 Å². The monoisotopic (exact) mass is 730 g/mol. The fraction of sp³-hybridized carbons (Fsp3) is 0.515. The SMILES string of the molecule is CC(C)C(=O)O[C@H]1[C@H](c2ccc3c(N)ncnn23)O[C@](C#N)(COP(=O)(NC(C)C(=O)OCC(C)(C)O)Oc2ccccc2)[C@H]1OC(=O)C(C)C. The summed E-state index contributed by atoms with van der Waals surface area (Å²) in [5.41, 5.74) is 3.06. The number of rotatable bonds is 15. The molecule has 1 saturated heterocycles. The Balaban J connectivity index is 1.77. The fourth-order valence-corrected chi connectivity index (χ4v) is 6.33. The molecule has 0 spiro atoms. The Hall–Kier alpha value is -4.59. The molecule has 4 N–H and O–H groups in total. The number of benzene rings is 1. The van der Waals surface area contributed by atoms with Crippen molar-refractivity contribution in [3.8, 4) is 11.8 Å². The third kappa shape index (κ3) is 9.40. The summed E-state index contributed by atoms with van der Waals surface area (Å²) in [5.74, 6) is -3.46. The molecule has 0 amide bonds. The van der Waals surface area contributed by atoms with E-state index in [1.165, 1.54) is 43.7 Å². The lowest BCUT2D eigenvalue weighted by molar-refractivity contribution is -0.173. The summed E-state index contributed by atoms with van der Waals surface area (Å²) < 4.78 is 50.6. The molecule has 6 atom stereocenters. The quantitative estimate of drug-likeness (QED) is 0.116. The fourth-order valence-electron chi connectivity index (χ4n) is 4.81. The molecule has 18 heteroatoms. The second kappa shape index (κ2) is 15.7. The summed E-state index contributed by atoms with van der Waals surface area (Å²) >= 11 is 0. The van der Waals surface area contributed by atoms with Crippen molar-refractivity contribution in [2.45, 2.75) is 84.0 Å². The lowest BCUT2D eigenvalue weighted by atomic mass is 9.95. The van der Waals surface area contributed by atoms with E-state index in [4.69, 9.17) is 33.7 Å². The Labute approximate surface area is 294 Å². The number of anilines is 1. The summed E-state index contributed by atoms with van der Waals surface area (Å²) in [7, 11) is -4.63. The van der Waals surface area contributed by atoms with Crippen LogP contribution in [0.1, 0.15) is 60.3 Å². The van der Waals surface area contributed by atoms with Crippen LogP contribution in [0.15, 0.2) is 48.8 Å². The summed E-state index contributed by atoms with van der Waals surface area (Å²) in [4.78, 5) is 43.0. The number of hydrogen-bond donors (Lipinski definition) is 3. The minimum absolute atomic E-state index is 0.0741. The van der Waals surface area contributed by atoms with Crippen molar-refractivity contribution in [1.29, 1.82) is 5.26 Å². The summed E-state index contributed by atoms with van der Waals surface area (Å²) in [5, 5.41) is 27.5. The van der Waals surface area contributed by atoms with Crippen LogP contribution in [0.2, 0.25) is 0 Å². The number of nitrogens with zero attached hydrogens (tertiary/aromatic N) is 4. The van der Waals surface area contributed by atoms with E-state index in [9.17, 15) is 29.3 Å². The predicted molar refractivity (Wildman–Crippen MR) is 179 cm³/mol. The van der Waals surface area contributed by atoms with Crippen molar-refractivity contribution in [3.05, 3.63) is 54.5 Å². The van der Waals surface area contributed by atoms with Crippen LogP contribution in [-0.2, 0) is 42.4 Å². The van der Waals surface area contributed by atoms with E-state index in [1.807, 2.05) is 6.07 Å². The van der Waals surface area contributed by atoms with Gasteiger partial charge in [-0.15, -0.1) is 0 Å². The van der Waals surface area contributed by atoms with Gasteiger partial charge in [0.2, 0.25) is 5.60 Å². The van der Waals surface area contributed by atoms with E-state index < -0.39 is 79.7 Å². The Morgan fingerprint density at radius 3 is 2.33 bits per heavy atom. The van der Waals surface area contributed by atoms with Crippen molar-refractivity contribution in [2.24, 2.45) is 11.8 Å². The van der Waals surface area contributed by atoms with Crippen molar-refractivity contribution in [2.75, 3.05) is 18.9 Å². The number of para-hydroxylation sites is 1. The van der Waals surface area contributed by atoms with E-state index in [0.29, 0.717) is 5.52 Å². The van der Waals surface area contributed by atoms with Crippen LogP contribution in [0, 0.1) is 23.2 Å². The number of nitrogen functional groups attached to an aromatic ring is 1. The van der Waals surface area contributed by atoms with E-state index in [0.717, 1.165) is 0 Å². The number of nitrogens with two attached hydrogens (primary N) is 1. The molecule has 276 valence electrons. The number of aliphatic hydroxyl groups is 1. The van der Waals surface area contributed by atoms with Gasteiger partial charge in [0.15, 0.2) is 18.0 Å². The van der Waals surface area contributed by atoms with Gasteiger partial charge in [0.05, 0.1) is 23.1 Å². The number of aromatic nitrogens is 3. The number of fused-ring (bicyclic) bond motifs is 1. The molecule has 1 aromatic carbocycles. The number of hydrogen-bond acceptors (Lipinski definition) is 15. The van der Waals surface area contributed by atoms with Gasteiger partial charge >= 0.3 is 25.7 Å². The molecule has 0 radical (unpaired) electrons. The minimum Gasteiger partial charge on any atom is -0.461 e. The van der Waals surface area contributed by atoms with Gasteiger partial charge in [0, 0.05) is 0 Å². The maximum Gasteiger partial charge on any atom is 0.459 e. The lowest BCUT2D eigenvalue weighted by Gasteiger charge is -2.31. The first-order chi connectivity index (χ1) is 23.9. The Bertz CT molecular complexity index is 1810. The number of nitrogens with one attached hydrogen (secondary N) is 1. The van der Waals surface area contributed by atoms with E-state index in [2.05, 4.69) is 15.2 Å². The third-order valence-electron chi connectivity index (χ3n) is 7.51. The maximum absolute atomic E-state index is 14.4. The van der Waals surface area contributed by atoms with Gasteiger partial charge in [-0.2, -0.15) is 15.4 Å². The van der Waals surface area contributed by atoms with Gasteiger partial charge in [-0.05, 0) is 45.0 Å². The molecule has 0 saturated carbocycles. The van der Waals surface area contributed by atoms with Gasteiger partial charge in [0.25, 0.3) is 0 Å². The van der Waals surface area contributed by atoms with Crippen LogP contribution in [0.25, 0.3) is 5.52 Å². The van der Waals surface area contributed by atoms with Crippen LogP contribution >= 0.6 is 7.75 Å². The molecule has 1 aliphatic rings. The molecule has 1 aliphatic heterocycles. The Morgan fingerprint density at radius 1 is 1.08 bits per heavy atom. The predicted octanol–water partition coefficient (Wildman–Crippen LogP) is 3.28. The first-order valence-corrected chi connectivity index (χ1v) is 17.7. The van der Waals surface area contributed by atoms with E-state index in [1.54, 1.807) is 58.0 Å². The molecule has 4 rings (SSSR count). The van der Waals surface area contributed by atoms with Crippen molar-refractivity contribution in [3.63, 3.8) is 0 Å². The highest BCUT2D eigenvalue weighted by Gasteiger charge is 2.62. The lowest BCUT2D eigenvalue weighted by Crippen LogP contribution is -2.50. The molecule has 2 unspecified atom stereocenters. The zero-order chi connectivity index (χ0) is 37.7. The molecular weight excluding hydrogens is 687 g/mol. The summed E-state index contributed by atoms with van der Waals surface area (Å²) in [6, 6.07) is 11.7. The van der Waals surface area contributed by atoms with Crippen LogP contribution in [0.4, 0.5) is 5.82 Å². The van der Waals surface area contributed by atoms with Gasteiger partial charge in [-0.25, -0.2) is 14.1 Å². The Kier molecular flexibility index (Phi) is 12.1. The molecule has 0 aliphatic carbocycles. The van der Waals surface area contributed by atoms with E-state index >= 15 is 0 Å². The molecular formula is C33H43N6O11P. The second-order valence-electron chi connectivity index (χ2n) is 13.3. The van der Waals surface area contributed by atoms with Crippen LogP contribution in [-0.4, -0.2) is 80.3 Å². The Morgan fingerprint density at radius 2 is 1.73 bits per heavy atom. The molecule has 1 fully saturated rings. The minimum atomic E-state index is -4.63. The van der Waals surface area contributed by atoms with Gasteiger partial charge in [-0.1, -0.05) is 45.9 Å². The molecule has 17 nitrogen and oxygen atoms in total. The van der Waals surface area contributed by atoms with Crippen molar-refractivity contribution >= 4 is 37.0 Å². The highest BCUT2D eigenvalue weighted by Crippen LogP contribution is 2.50. The van der Waals surface area contributed by atoms with Crippen LogP contribution < -0.4 is 15.3 Å². The number of carbonyl (C=O) groups is 3. The zero-order valence-corrected chi connectivity index (χ0v) is 30.2. The molecule has 0 bridgehead atoms. The zero-order valence-electron chi connectivity index (χ0n) is 29.3. The highest BCUT2D eigenvalue weighted by atomic mass is 31.2. The normalized spacial score (nSPS) is 22.3. The van der Waals surface area contributed by atoms with Crippen molar-refractivity contribution < 1.29 is 52.1 Å². The average molecular weight is 731 g/mol. The summed E-state index contributed by atoms with van der Waals surface area (Å²) in [6.45, 7) is 9.29. The van der Waals surface area contributed by atoms with Gasteiger partial charge in [0.1, 0.15) is 49.0 Å². The first-order valence-electron chi connectivity index (χ1n) is 16.1. The van der Waals surface area contributed by atoms with Gasteiger partial charge in [-0.3, -0.25) is 18.9 Å². The average Bonchev–Trinajstić information content (AvgIpc) is 3.62. The van der Waals surface area contributed by atoms with Crippen LogP contribution in [0.5, 0.6) is 5.75 Å². The highest BCUT2D eigenvalue weighted by molar-refractivity contribution is 7.52. The topological polar surface area (TPSA) is 236 Å². The maximum atomic E-state index is 14.4. The van der Waals surface area contributed by atoms with Crippen LogP contribution in [0.3, 0.4) is 0 Å². The smallest absolute Gasteiger partial charge is 0.459 e. The number of ether oxygens (including phenoxy) is 4. The number of carbonyl (C=O) groups excluding carboxylic acids is 3. The number of nitriles is 1. The molecule has 51 heavy (non-hydrogen) atoms. The van der Waals surface area contributed by atoms with Gasteiger partial charge < -0.3 is 34.3 Å². The second-order valence-corrected chi connectivity index (χ2v) is 14.9. The third-order valence-corrected chi connectivity index (χ3v) is 9.14. The molecule has 3 aromatic rings. The summed E-state index contributed by atoms with van der Waals surface area (Å²) in [6.07, 6.45) is -3.20. The van der Waals surface area contributed by atoms with Crippen molar-refractivity contribution in [1.82, 2.24) is 19.7 Å². The molecule has 2 aromatic heterocycles. The standard InChI is InChI=1S/C33H43N6O11P/c1-19(2)29(40)47-26-25(23-13-14-24-28(35)36-18-37-39(23)24)49-33(15-34,27(26)48-30(41)20(3)4)17-46-51(44,50-22-11-9-8-10-12-22)38-21(5)31(42)45-16-32(6,7)43/h8-14,18-21,25-27,43H,16-17H2,1-7H3,(H,38,44)(H2,35,36,37)/t21?,25-,26-,27-,33+,51?/m0/s1. The number of esters is 3. The molecule has 3 heterocycles. The first kappa shape index (κ1) is 39.2.